The van der Waals surface area contributed by atoms with Crippen molar-refractivity contribution in [2.24, 2.45) is 17.8 Å². The van der Waals surface area contributed by atoms with Gasteiger partial charge in [-0.1, -0.05) is 18.2 Å². The molecular formula is C14H18N2O. The lowest BCUT2D eigenvalue weighted by atomic mass is 9.61. The maximum atomic E-state index is 12.2. The molecule has 2 bridgehead atoms. The van der Waals surface area contributed by atoms with E-state index in [1.54, 1.807) is 0 Å². The first-order chi connectivity index (χ1) is 8.24. The highest BCUT2D eigenvalue weighted by Gasteiger charge is 2.49. The molecule has 2 atom stereocenters. The molecule has 2 saturated heterocycles. The molecule has 90 valence electrons. The summed E-state index contributed by atoms with van der Waals surface area (Å²) in [6.45, 7) is 2.15. The predicted molar refractivity (Wildman–Crippen MR) is 67.7 cm³/mol. The Hall–Kier alpha value is -1.35. The summed E-state index contributed by atoms with van der Waals surface area (Å²) in [5.74, 6) is 1.60. The first-order valence-electron chi connectivity index (χ1n) is 6.28. The first kappa shape index (κ1) is 10.8. The molecule has 0 aromatic heterocycles. The van der Waals surface area contributed by atoms with E-state index in [9.17, 15) is 4.79 Å². The van der Waals surface area contributed by atoms with Crippen molar-refractivity contribution in [2.75, 3.05) is 25.5 Å². The van der Waals surface area contributed by atoms with E-state index in [-0.39, 0.29) is 11.8 Å². The van der Waals surface area contributed by atoms with Crippen LogP contribution in [-0.4, -0.2) is 30.9 Å². The fraction of sp³-hybridized carbons (Fsp3) is 0.500. The van der Waals surface area contributed by atoms with Crippen LogP contribution in [0.5, 0.6) is 0 Å². The van der Waals surface area contributed by atoms with Gasteiger partial charge in [0.25, 0.3) is 0 Å². The fourth-order valence-electron chi connectivity index (χ4n) is 3.30. The monoisotopic (exact) mass is 230 g/mol. The highest BCUT2D eigenvalue weighted by molar-refractivity contribution is 5.93. The molecule has 0 spiro atoms. The average molecular weight is 230 g/mol. The van der Waals surface area contributed by atoms with Gasteiger partial charge in [0, 0.05) is 24.7 Å². The summed E-state index contributed by atoms with van der Waals surface area (Å²) in [6.07, 6.45) is 1.23. The molecule has 2 heterocycles. The third-order valence-corrected chi connectivity index (χ3v) is 4.06. The molecule has 1 aromatic carbocycles. The van der Waals surface area contributed by atoms with E-state index in [4.69, 9.17) is 0 Å². The van der Waals surface area contributed by atoms with Crippen molar-refractivity contribution in [3.63, 3.8) is 0 Å². The summed E-state index contributed by atoms with van der Waals surface area (Å²) in [7, 11) is 2.14. The summed E-state index contributed by atoms with van der Waals surface area (Å²) >= 11 is 0. The van der Waals surface area contributed by atoms with Gasteiger partial charge in [0.1, 0.15) is 0 Å². The second kappa shape index (κ2) is 4.15. The fourth-order valence-corrected chi connectivity index (χ4v) is 3.30. The molecule has 3 aliphatic rings. The van der Waals surface area contributed by atoms with Crippen molar-refractivity contribution in [2.45, 2.75) is 6.42 Å². The molecule has 3 heteroatoms. The Labute approximate surface area is 102 Å². The van der Waals surface area contributed by atoms with Crippen LogP contribution in [0, 0.1) is 17.8 Å². The summed E-state index contributed by atoms with van der Waals surface area (Å²) in [5, 5.41) is 3.03. The number of carbonyl (C=O) groups is 1. The van der Waals surface area contributed by atoms with E-state index in [1.807, 2.05) is 30.3 Å². The van der Waals surface area contributed by atoms with E-state index in [1.165, 1.54) is 6.42 Å². The van der Waals surface area contributed by atoms with Crippen LogP contribution < -0.4 is 5.32 Å². The number of hydrogen-bond acceptors (Lipinski definition) is 2. The Kier molecular flexibility index (Phi) is 2.63. The van der Waals surface area contributed by atoms with Gasteiger partial charge in [0.2, 0.25) is 5.91 Å². The van der Waals surface area contributed by atoms with Gasteiger partial charge in [-0.05, 0) is 37.4 Å². The van der Waals surface area contributed by atoms with Crippen LogP contribution in [0.1, 0.15) is 6.42 Å². The van der Waals surface area contributed by atoms with Gasteiger partial charge in [-0.3, -0.25) is 4.79 Å². The summed E-state index contributed by atoms with van der Waals surface area (Å²) in [4.78, 5) is 14.5. The highest BCUT2D eigenvalue weighted by atomic mass is 16.2. The number of amides is 1. The number of hydrogen-bond donors (Lipinski definition) is 1. The van der Waals surface area contributed by atoms with E-state index in [0.29, 0.717) is 11.8 Å². The van der Waals surface area contributed by atoms with Crippen molar-refractivity contribution in [3.05, 3.63) is 30.3 Å². The maximum Gasteiger partial charge on any atom is 0.228 e. The molecule has 4 rings (SSSR count). The Morgan fingerprint density at radius 1 is 1.24 bits per heavy atom. The van der Waals surface area contributed by atoms with E-state index >= 15 is 0 Å². The standard InChI is InChI=1S/C14H18N2O/c1-16-8-10-7-11(9-16)13(10)14(17)15-12-5-3-2-4-6-12/h2-6,10-11,13H,7-9H2,1H3,(H,15,17). The van der Waals surface area contributed by atoms with E-state index in [0.717, 1.165) is 18.8 Å². The molecule has 2 aliphatic heterocycles. The second-order valence-electron chi connectivity index (χ2n) is 5.36. The normalized spacial score (nSPS) is 31.7. The largest absolute Gasteiger partial charge is 0.326 e. The second-order valence-corrected chi connectivity index (χ2v) is 5.36. The van der Waals surface area contributed by atoms with Gasteiger partial charge in [-0.15, -0.1) is 0 Å². The molecule has 1 N–H and O–H groups in total. The molecule has 3 nitrogen and oxygen atoms in total. The first-order valence-corrected chi connectivity index (χ1v) is 6.28. The number of para-hydroxylation sites is 1. The number of anilines is 1. The molecular weight excluding hydrogens is 212 g/mol. The quantitative estimate of drug-likeness (QED) is 0.840. The molecule has 1 amide bonds. The SMILES string of the molecule is CN1CC2CC(C1)C2C(=O)Nc1ccccc1. The number of carbonyl (C=O) groups excluding carboxylic acids is 1. The summed E-state index contributed by atoms with van der Waals surface area (Å²) in [6, 6.07) is 9.75. The minimum atomic E-state index is 0.213. The number of fused-ring (bicyclic) bond motifs is 2. The molecule has 3 fully saturated rings. The van der Waals surface area contributed by atoms with Crippen LogP contribution in [0.3, 0.4) is 0 Å². The van der Waals surface area contributed by atoms with Crippen molar-refractivity contribution < 1.29 is 4.79 Å². The lowest BCUT2D eigenvalue weighted by molar-refractivity contribution is -0.135. The lowest BCUT2D eigenvalue weighted by Crippen LogP contribution is -2.57. The molecule has 0 radical (unpaired) electrons. The summed E-state index contributed by atoms with van der Waals surface area (Å²) < 4.78 is 0. The van der Waals surface area contributed by atoms with Crippen LogP contribution >= 0.6 is 0 Å². The molecule has 2 unspecified atom stereocenters. The third-order valence-electron chi connectivity index (χ3n) is 4.06. The molecule has 1 aliphatic carbocycles. The Balaban J connectivity index is 1.65. The number of rotatable bonds is 2. The third kappa shape index (κ3) is 1.95. The van der Waals surface area contributed by atoms with Crippen LogP contribution in [0.2, 0.25) is 0 Å². The topological polar surface area (TPSA) is 32.3 Å². The zero-order chi connectivity index (χ0) is 11.8. The Bertz CT molecular complexity index is 405. The van der Waals surface area contributed by atoms with Crippen LogP contribution in [0.4, 0.5) is 5.69 Å². The van der Waals surface area contributed by atoms with Gasteiger partial charge >= 0.3 is 0 Å². The molecule has 1 aromatic rings. The number of nitrogens with zero attached hydrogens (tertiary/aromatic N) is 1. The Morgan fingerprint density at radius 2 is 1.88 bits per heavy atom. The minimum Gasteiger partial charge on any atom is -0.326 e. The van der Waals surface area contributed by atoms with Crippen LogP contribution in [0.15, 0.2) is 30.3 Å². The van der Waals surface area contributed by atoms with Crippen molar-refractivity contribution in [3.8, 4) is 0 Å². The highest BCUT2D eigenvalue weighted by Crippen LogP contribution is 2.45. The van der Waals surface area contributed by atoms with Gasteiger partial charge in [0.15, 0.2) is 0 Å². The average Bonchev–Trinajstić information content (AvgIpc) is 2.29. The summed E-state index contributed by atoms with van der Waals surface area (Å²) in [5.41, 5.74) is 0.913. The maximum absolute atomic E-state index is 12.2. The number of piperidine rings is 2. The Morgan fingerprint density at radius 3 is 2.53 bits per heavy atom. The zero-order valence-corrected chi connectivity index (χ0v) is 10.1. The predicted octanol–water partition coefficient (Wildman–Crippen LogP) is 1.82. The molecule has 1 saturated carbocycles. The lowest BCUT2D eigenvalue weighted by Gasteiger charge is -2.51. The van der Waals surface area contributed by atoms with E-state index < -0.39 is 0 Å². The van der Waals surface area contributed by atoms with Crippen molar-refractivity contribution in [1.29, 1.82) is 0 Å². The van der Waals surface area contributed by atoms with Gasteiger partial charge in [-0.2, -0.15) is 0 Å². The van der Waals surface area contributed by atoms with Crippen LogP contribution in [-0.2, 0) is 4.79 Å². The number of benzene rings is 1. The van der Waals surface area contributed by atoms with Crippen LogP contribution in [0.25, 0.3) is 0 Å². The van der Waals surface area contributed by atoms with Gasteiger partial charge < -0.3 is 10.2 Å². The van der Waals surface area contributed by atoms with Gasteiger partial charge in [0.05, 0.1) is 0 Å². The smallest absolute Gasteiger partial charge is 0.228 e. The van der Waals surface area contributed by atoms with Crippen molar-refractivity contribution >= 4 is 11.6 Å². The van der Waals surface area contributed by atoms with E-state index in [2.05, 4.69) is 17.3 Å². The van der Waals surface area contributed by atoms with Crippen molar-refractivity contribution in [1.82, 2.24) is 4.90 Å². The molecule has 17 heavy (non-hydrogen) atoms. The zero-order valence-electron chi connectivity index (χ0n) is 10.1. The minimum absolute atomic E-state index is 0.213. The number of nitrogens with one attached hydrogen (secondary N) is 1. The van der Waals surface area contributed by atoms with Gasteiger partial charge in [-0.25, -0.2) is 0 Å².